The van der Waals surface area contributed by atoms with Gasteiger partial charge in [-0.05, 0) is 53.4 Å². The molecule has 6 nitrogen and oxygen atoms in total. The van der Waals surface area contributed by atoms with Crippen molar-refractivity contribution in [2.24, 2.45) is 5.10 Å². The number of furan rings is 1. The first-order valence-corrected chi connectivity index (χ1v) is 11.1. The maximum atomic E-state index is 12.6. The Morgan fingerprint density at radius 3 is 2.83 bits per heavy atom. The molecule has 0 saturated carbocycles. The van der Waals surface area contributed by atoms with E-state index in [0.717, 1.165) is 47.1 Å². The number of hydrogen-bond donors (Lipinski definition) is 3. The average Bonchev–Trinajstić information content (AvgIpc) is 3.28. The minimum atomic E-state index is -0.509. The molecule has 152 valence electrons. The van der Waals surface area contributed by atoms with Crippen molar-refractivity contribution < 1.29 is 19.4 Å². The molecule has 5 rings (SSSR count). The van der Waals surface area contributed by atoms with Gasteiger partial charge < -0.3 is 14.6 Å². The van der Waals surface area contributed by atoms with Crippen LogP contribution in [0.4, 0.5) is 0 Å². The number of phenolic OH excluding ortho intramolecular Hbond substituents is 1. The van der Waals surface area contributed by atoms with Crippen LogP contribution in [0.5, 0.6) is 11.5 Å². The van der Waals surface area contributed by atoms with Crippen LogP contribution in [-0.4, -0.2) is 22.3 Å². The number of carbonyl (C=O) groups excluding carboxylic acids is 1. The van der Waals surface area contributed by atoms with Crippen molar-refractivity contribution in [3.8, 4) is 11.5 Å². The molecule has 3 N–H and O–H groups in total. The summed E-state index contributed by atoms with van der Waals surface area (Å²) in [5.41, 5.74) is 4.72. The maximum absolute atomic E-state index is 12.6. The van der Waals surface area contributed by atoms with Crippen molar-refractivity contribution in [3.63, 3.8) is 0 Å². The summed E-state index contributed by atoms with van der Waals surface area (Å²) in [4.78, 5) is 12.8. The zero-order valence-electron chi connectivity index (χ0n) is 15.7. The number of amides is 1. The number of hydrazone groups is 1. The molecule has 0 fully saturated rings. The lowest BCUT2D eigenvalue weighted by molar-refractivity contribution is 0.0957. The largest absolute Gasteiger partial charge is 0.506 e. The van der Waals surface area contributed by atoms with Gasteiger partial charge in [-0.15, -0.1) is 11.3 Å². The molecule has 0 saturated heterocycles. The first-order valence-electron chi connectivity index (χ1n) is 9.54. The summed E-state index contributed by atoms with van der Waals surface area (Å²) in [5.74, 6) is 0.423. The molecule has 2 aromatic carbocycles. The van der Waals surface area contributed by atoms with Gasteiger partial charge in [-0.1, -0.05) is 12.1 Å². The van der Waals surface area contributed by atoms with E-state index in [0.29, 0.717) is 21.0 Å². The van der Waals surface area contributed by atoms with Crippen LogP contribution in [0.15, 0.2) is 44.3 Å². The second-order valence-corrected chi connectivity index (χ2v) is 9.09. The minimum absolute atomic E-state index is 0.0411. The van der Waals surface area contributed by atoms with Gasteiger partial charge in [0.1, 0.15) is 27.7 Å². The number of aromatic hydroxyl groups is 2. The Balaban J connectivity index is 1.49. The SMILES string of the molecule is O=C(N/N=C/c1c(O)c(Br)cc2oc3c(c12)CCCC3)c1sc2ccccc2c1O. The zero-order chi connectivity index (χ0) is 20.8. The summed E-state index contributed by atoms with van der Waals surface area (Å²) in [5, 5.41) is 26.5. The number of benzene rings is 2. The number of hydrogen-bond acceptors (Lipinski definition) is 6. The van der Waals surface area contributed by atoms with Crippen LogP contribution in [0, 0.1) is 0 Å². The van der Waals surface area contributed by atoms with E-state index < -0.39 is 5.91 Å². The van der Waals surface area contributed by atoms with E-state index in [4.69, 9.17) is 4.42 Å². The molecular weight excluding hydrogens is 468 g/mol. The van der Waals surface area contributed by atoms with Crippen LogP contribution in [0.25, 0.3) is 21.1 Å². The maximum Gasteiger partial charge on any atom is 0.285 e. The van der Waals surface area contributed by atoms with Crippen LogP contribution >= 0.6 is 27.3 Å². The Morgan fingerprint density at radius 1 is 1.20 bits per heavy atom. The van der Waals surface area contributed by atoms with E-state index in [1.807, 2.05) is 18.2 Å². The third kappa shape index (κ3) is 3.07. The highest BCUT2D eigenvalue weighted by atomic mass is 79.9. The number of thiophene rings is 1. The number of fused-ring (bicyclic) bond motifs is 4. The molecule has 1 aliphatic rings. The molecule has 0 aliphatic heterocycles. The number of rotatable bonds is 3. The van der Waals surface area contributed by atoms with Crippen molar-refractivity contribution in [2.75, 3.05) is 0 Å². The minimum Gasteiger partial charge on any atom is -0.506 e. The summed E-state index contributed by atoms with van der Waals surface area (Å²) in [6, 6.07) is 9.03. The second-order valence-electron chi connectivity index (χ2n) is 7.18. The van der Waals surface area contributed by atoms with Crippen molar-refractivity contribution in [1.82, 2.24) is 5.43 Å². The number of nitrogens with zero attached hydrogens (tertiary/aromatic N) is 1. The molecule has 30 heavy (non-hydrogen) atoms. The molecule has 0 atom stereocenters. The smallest absolute Gasteiger partial charge is 0.285 e. The summed E-state index contributed by atoms with van der Waals surface area (Å²) in [6.07, 6.45) is 5.33. The topological polar surface area (TPSA) is 95.1 Å². The fourth-order valence-electron chi connectivity index (χ4n) is 3.93. The predicted octanol–water partition coefficient (Wildman–Crippen LogP) is 5.46. The van der Waals surface area contributed by atoms with Gasteiger partial charge in [0.2, 0.25) is 0 Å². The fourth-order valence-corrected chi connectivity index (χ4v) is 5.34. The number of aryl methyl sites for hydroxylation is 2. The summed E-state index contributed by atoms with van der Waals surface area (Å²) in [6.45, 7) is 0. The zero-order valence-corrected chi connectivity index (χ0v) is 18.1. The first-order chi connectivity index (χ1) is 14.5. The number of halogens is 1. The van der Waals surface area contributed by atoms with E-state index in [-0.39, 0.29) is 16.4 Å². The van der Waals surface area contributed by atoms with Gasteiger partial charge in [0.05, 0.1) is 10.7 Å². The van der Waals surface area contributed by atoms with Gasteiger partial charge in [0.15, 0.2) is 0 Å². The lowest BCUT2D eigenvalue weighted by Gasteiger charge is -2.10. The highest BCUT2D eigenvalue weighted by molar-refractivity contribution is 9.10. The number of carbonyl (C=O) groups is 1. The Kier molecular flexibility index (Phi) is 4.75. The lowest BCUT2D eigenvalue weighted by Crippen LogP contribution is -2.16. The molecule has 4 aromatic rings. The fraction of sp³-hybridized carbons (Fsp3) is 0.182. The molecule has 1 amide bonds. The van der Waals surface area contributed by atoms with Crippen molar-refractivity contribution in [1.29, 1.82) is 0 Å². The first kappa shape index (κ1) is 19.1. The Morgan fingerprint density at radius 2 is 2.00 bits per heavy atom. The van der Waals surface area contributed by atoms with Gasteiger partial charge in [-0.3, -0.25) is 4.79 Å². The average molecular weight is 485 g/mol. The molecule has 2 aromatic heterocycles. The van der Waals surface area contributed by atoms with Gasteiger partial charge in [0, 0.05) is 33.0 Å². The van der Waals surface area contributed by atoms with Crippen LogP contribution < -0.4 is 5.43 Å². The third-order valence-corrected chi connectivity index (χ3v) is 7.11. The van der Waals surface area contributed by atoms with Gasteiger partial charge in [-0.25, -0.2) is 5.43 Å². The van der Waals surface area contributed by atoms with E-state index in [1.54, 1.807) is 12.1 Å². The van der Waals surface area contributed by atoms with E-state index >= 15 is 0 Å². The van der Waals surface area contributed by atoms with E-state index in [2.05, 4.69) is 26.5 Å². The van der Waals surface area contributed by atoms with Gasteiger partial charge >= 0.3 is 0 Å². The van der Waals surface area contributed by atoms with Crippen molar-refractivity contribution in [2.45, 2.75) is 25.7 Å². The van der Waals surface area contributed by atoms with Crippen LogP contribution in [0.2, 0.25) is 0 Å². The molecular formula is C22H17BrN2O4S. The molecule has 0 radical (unpaired) electrons. The van der Waals surface area contributed by atoms with Gasteiger partial charge in [-0.2, -0.15) is 5.10 Å². The second kappa shape index (κ2) is 7.45. The van der Waals surface area contributed by atoms with Crippen LogP contribution in [0.1, 0.15) is 39.4 Å². The molecule has 1 aliphatic carbocycles. The molecule has 0 unspecified atom stereocenters. The van der Waals surface area contributed by atoms with Crippen LogP contribution in [0.3, 0.4) is 0 Å². The van der Waals surface area contributed by atoms with Crippen molar-refractivity contribution >= 4 is 60.4 Å². The van der Waals surface area contributed by atoms with Crippen LogP contribution in [-0.2, 0) is 12.8 Å². The summed E-state index contributed by atoms with van der Waals surface area (Å²) >= 11 is 4.56. The highest BCUT2D eigenvalue weighted by Crippen LogP contribution is 2.40. The van der Waals surface area contributed by atoms with Gasteiger partial charge in [0.25, 0.3) is 5.91 Å². The Hall–Kier alpha value is -2.84. The quantitative estimate of drug-likeness (QED) is 0.265. The molecule has 0 bridgehead atoms. The van der Waals surface area contributed by atoms with E-state index in [9.17, 15) is 15.0 Å². The third-order valence-electron chi connectivity index (χ3n) is 5.34. The van der Waals surface area contributed by atoms with E-state index in [1.165, 1.54) is 17.6 Å². The summed E-state index contributed by atoms with van der Waals surface area (Å²) < 4.78 is 7.31. The summed E-state index contributed by atoms with van der Waals surface area (Å²) in [7, 11) is 0. The Labute approximate surface area is 184 Å². The lowest BCUT2D eigenvalue weighted by atomic mass is 9.94. The van der Waals surface area contributed by atoms with Crippen molar-refractivity contribution in [3.05, 3.63) is 56.6 Å². The highest BCUT2D eigenvalue weighted by Gasteiger charge is 2.23. The molecule has 8 heteroatoms. The number of nitrogens with one attached hydrogen (secondary N) is 1. The molecule has 2 heterocycles. The molecule has 0 spiro atoms. The normalized spacial score (nSPS) is 13.9. The predicted molar refractivity (Wildman–Crippen MR) is 121 cm³/mol. The standard InChI is InChI=1S/C22H17BrN2O4S/c23-14-9-16-18(11-5-1-3-7-15(11)29-16)13(19(14)26)10-24-25-22(28)21-20(27)12-6-2-4-8-17(12)30-21/h2,4,6,8-10,26-27H,1,3,5,7H2,(H,25,28)/b24-10+. The Bertz CT molecular complexity index is 1340. The monoisotopic (exact) mass is 484 g/mol. The number of phenols is 1.